The summed E-state index contributed by atoms with van der Waals surface area (Å²) in [5.41, 5.74) is 0.400. The Balaban J connectivity index is 3.10. The SMILES string of the molecule is CN(c1cccc(Br)c1)S(=O)(=O)O. The first-order valence-corrected chi connectivity index (χ1v) is 5.57. The molecule has 0 saturated heterocycles. The maximum absolute atomic E-state index is 10.7. The van der Waals surface area contributed by atoms with Crippen LogP contribution in [0.5, 0.6) is 0 Å². The summed E-state index contributed by atoms with van der Waals surface area (Å²) < 4.78 is 31.7. The highest BCUT2D eigenvalue weighted by molar-refractivity contribution is 9.10. The number of halogens is 1. The lowest BCUT2D eigenvalue weighted by Crippen LogP contribution is -2.25. The maximum Gasteiger partial charge on any atom is 0.359 e. The van der Waals surface area contributed by atoms with Gasteiger partial charge in [0.2, 0.25) is 0 Å². The molecule has 1 aromatic carbocycles. The van der Waals surface area contributed by atoms with Gasteiger partial charge in [0.1, 0.15) is 0 Å². The second-order valence-electron chi connectivity index (χ2n) is 2.43. The van der Waals surface area contributed by atoms with Gasteiger partial charge in [-0.3, -0.25) is 8.86 Å². The lowest BCUT2D eigenvalue weighted by molar-refractivity contribution is 0.481. The van der Waals surface area contributed by atoms with Crippen LogP contribution in [0.2, 0.25) is 0 Å². The fourth-order valence-corrected chi connectivity index (χ4v) is 1.57. The van der Waals surface area contributed by atoms with Gasteiger partial charge in [0.15, 0.2) is 0 Å². The van der Waals surface area contributed by atoms with E-state index in [0.717, 1.165) is 8.78 Å². The molecule has 0 saturated carbocycles. The molecule has 0 bridgehead atoms. The van der Waals surface area contributed by atoms with E-state index in [4.69, 9.17) is 4.55 Å². The second kappa shape index (κ2) is 3.65. The molecule has 0 spiro atoms. The minimum atomic E-state index is -4.16. The Hall–Kier alpha value is -0.590. The Morgan fingerprint density at radius 3 is 2.54 bits per heavy atom. The molecule has 1 rings (SSSR count). The molecule has 0 unspecified atom stereocenters. The number of benzene rings is 1. The average Bonchev–Trinajstić information content (AvgIpc) is 2.01. The van der Waals surface area contributed by atoms with Crippen molar-refractivity contribution in [3.8, 4) is 0 Å². The zero-order valence-electron chi connectivity index (χ0n) is 6.81. The summed E-state index contributed by atoms with van der Waals surface area (Å²) in [6.45, 7) is 0. The van der Waals surface area contributed by atoms with Crippen molar-refractivity contribution in [3.63, 3.8) is 0 Å². The fraction of sp³-hybridized carbons (Fsp3) is 0.143. The molecule has 1 N–H and O–H groups in total. The Labute approximate surface area is 85.2 Å². The van der Waals surface area contributed by atoms with Crippen LogP contribution in [-0.4, -0.2) is 20.0 Å². The van der Waals surface area contributed by atoms with E-state index in [9.17, 15) is 8.42 Å². The van der Waals surface area contributed by atoms with E-state index in [1.54, 1.807) is 24.3 Å². The predicted molar refractivity (Wildman–Crippen MR) is 54.1 cm³/mol. The molecule has 1 aromatic rings. The van der Waals surface area contributed by atoms with Gasteiger partial charge in [0.25, 0.3) is 0 Å². The van der Waals surface area contributed by atoms with Crippen molar-refractivity contribution in [1.29, 1.82) is 0 Å². The number of hydrogen-bond acceptors (Lipinski definition) is 2. The Morgan fingerprint density at radius 1 is 1.46 bits per heavy atom. The van der Waals surface area contributed by atoms with Crippen molar-refractivity contribution >= 4 is 31.9 Å². The summed E-state index contributed by atoms with van der Waals surface area (Å²) in [5, 5.41) is 0. The van der Waals surface area contributed by atoms with Crippen molar-refractivity contribution in [1.82, 2.24) is 0 Å². The third-order valence-electron chi connectivity index (χ3n) is 1.52. The highest BCUT2D eigenvalue weighted by Gasteiger charge is 2.13. The van der Waals surface area contributed by atoms with E-state index in [0.29, 0.717) is 5.69 Å². The van der Waals surface area contributed by atoms with E-state index in [-0.39, 0.29) is 0 Å². The largest absolute Gasteiger partial charge is 0.359 e. The Bertz CT molecular complexity index is 404. The highest BCUT2D eigenvalue weighted by Crippen LogP contribution is 2.20. The summed E-state index contributed by atoms with van der Waals surface area (Å²) >= 11 is 3.19. The van der Waals surface area contributed by atoms with Crippen molar-refractivity contribution in [2.24, 2.45) is 0 Å². The molecular formula is C7H8BrNO3S. The van der Waals surface area contributed by atoms with E-state index in [1.165, 1.54) is 7.05 Å². The predicted octanol–water partition coefficient (Wildman–Crippen LogP) is 1.69. The molecule has 0 amide bonds. The lowest BCUT2D eigenvalue weighted by Gasteiger charge is -2.14. The minimum Gasteiger partial charge on any atom is -0.269 e. The number of nitrogens with zero attached hydrogens (tertiary/aromatic N) is 1. The van der Waals surface area contributed by atoms with Crippen molar-refractivity contribution in [2.75, 3.05) is 11.4 Å². The Kier molecular flexibility index (Phi) is 2.94. The Morgan fingerprint density at radius 2 is 2.08 bits per heavy atom. The fourth-order valence-electron chi connectivity index (χ4n) is 0.805. The number of rotatable bonds is 2. The van der Waals surface area contributed by atoms with Crippen LogP contribution in [0.3, 0.4) is 0 Å². The third kappa shape index (κ3) is 2.68. The molecule has 6 heteroatoms. The van der Waals surface area contributed by atoms with Crippen LogP contribution in [0.4, 0.5) is 5.69 Å². The summed E-state index contributed by atoms with van der Waals surface area (Å²) in [7, 11) is -2.89. The molecule has 0 aromatic heterocycles. The van der Waals surface area contributed by atoms with E-state index in [2.05, 4.69) is 15.9 Å². The first kappa shape index (κ1) is 10.5. The van der Waals surface area contributed by atoms with Gasteiger partial charge in [-0.05, 0) is 18.2 Å². The standard InChI is InChI=1S/C7H8BrNO3S/c1-9(13(10,11)12)7-4-2-3-6(8)5-7/h2-5H,1H3,(H,10,11,12). The first-order chi connectivity index (χ1) is 5.91. The highest BCUT2D eigenvalue weighted by atomic mass is 79.9. The molecule has 0 atom stereocenters. The van der Waals surface area contributed by atoms with Gasteiger partial charge in [0.05, 0.1) is 5.69 Å². The monoisotopic (exact) mass is 265 g/mol. The molecule has 72 valence electrons. The first-order valence-electron chi connectivity index (χ1n) is 3.38. The summed E-state index contributed by atoms with van der Waals surface area (Å²) in [6, 6.07) is 6.62. The smallest absolute Gasteiger partial charge is 0.269 e. The molecule has 0 heterocycles. The zero-order valence-corrected chi connectivity index (χ0v) is 9.21. The molecule has 0 aliphatic carbocycles. The van der Waals surface area contributed by atoms with Gasteiger partial charge in [-0.1, -0.05) is 22.0 Å². The van der Waals surface area contributed by atoms with Crippen LogP contribution in [0.1, 0.15) is 0 Å². The van der Waals surface area contributed by atoms with E-state index < -0.39 is 10.3 Å². The molecule has 0 fully saturated rings. The molecule has 0 radical (unpaired) electrons. The van der Waals surface area contributed by atoms with Gasteiger partial charge in [-0.25, -0.2) is 0 Å². The number of hydrogen-bond donors (Lipinski definition) is 1. The van der Waals surface area contributed by atoms with Crippen LogP contribution >= 0.6 is 15.9 Å². The molecule has 0 aliphatic heterocycles. The van der Waals surface area contributed by atoms with Crippen LogP contribution < -0.4 is 4.31 Å². The topological polar surface area (TPSA) is 57.6 Å². The zero-order chi connectivity index (χ0) is 10.1. The third-order valence-corrected chi connectivity index (χ3v) is 2.91. The minimum absolute atomic E-state index is 0.400. The van der Waals surface area contributed by atoms with E-state index >= 15 is 0 Å². The van der Waals surface area contributed by atoms with Crippen LogP contribution in [0.25, 0.3) is 0 Å². The summed E-state index contributed by atoms with van der Waals surface area (Å²) in [4.78, 5) is 0. The van der Waals surface area contributed by atoms with Crippen molar-refractivity contribution < 1.29 is 13.0 Å². The lowest BCUT2D eigenvalue weighted by atomic mass is 10.3. The van der Waals surface area contributed by atoms with Crippen LogP contribution in [0.15, 0.2) is 28.7 Å². The van der Waals surface area contributed by atoms with Crippen molar-refractivity contribution in [3.05, 3.63) is 28.7 Å². The quantitative estimate of drug-likeness (QED) is 0.828. The maximum atomic E-state index is 10.7. The molecule has 4 nitrogen and oxygen atoms in total. The van der Waals surface area contributed by atoms with Gasteiger partial charge >= 0.3 is 10.3 Å². The van der Waals surface area contributed by atoms with Crippen LogP contribution in [-0.2, 0) is 10.3 Å². The van der Waals surface area contributed by atoms with Gasteiger partial charge in [0, 0.05) is 11.5 Å². The van der Waals surface area contributed by atoms with Gasteiger partial charge in [-0.15, -0.1) is 0 Å². The van der Waals surface area contributed by atoms with Crippen LogP contribution in [0, 0.1) is 0 Å². The second-order valence-corrected chi connectivity index (χ2v) is 4.78. The number of anilines is 1. The van der Waals surface area contributed by atoms with Gasteiger partial charge in [-0.2, -0.15) is 8.42 Å². The summed E-state index contributed by atoms with van der Waals surface area (Å²) in [6.07, 6.45) is 0. The van der Waals surface area contributed by atoms with Crippen molar-refractivity contribution in [2.45, 2.75) is 0 Å². The molecular weight excluding hydrogens is 258 g/mol. The van der Waals surface area contributed by atoms with Gasteiger partial charge < -0.3 is 0 Å². The summed E-state index contributed by atoms with van der Waals surface area (Å²) in [5.74, 6) is 0. The molecule has 0 aliphatic rings. The molecule has 13 heavy (non-hydrogen) atoms. The van der Waals surface area contributed by atoms with E-state index in [1.807, 2.05) is 0 Å². The normalized spacial score (nSPS) is 11.3. The average molecular weight is 266 g/mol.